The maximum absolute atomic E-state index is 16.1. The Labute approximate surface area is 264 Å². The number of rotatable bonds is 6. The molecule has 2 saturated heterocycles. The molecule has 44 heavy (non-hydrogen) atoms. The monoisotopic (exact) mass is 636 g/mol. The van der Waals surface area contributed by atoms with Crippen LogP contribution in [0.2, 0.25) is 10.0 Å². The highest BCUT2D eigenvalue weighted by molar-refractivity contribution is 6.31. The molecule has 3 heterocycles. The van der Waals surface area contributed by atoms with Crippen molar-refractivity contribution in [3.8, 4) is 0 Å². The largest absolute Gasteiger partial charge is 0.324 e. The van der Waals surface area contributed by atoms with Crippen LogP contribution in [0.1, 0.15) is 46.7 Å². The van der Waals surface area contributed by atoms with Crippen molar-refractivity contribution in [2.45, 2.75) is 36.8 Å². The van der Waals surface area contributed by atoms with Crippen molar-refractivity contribution >= 4 is 52.3 Å². The number of likely N-dealkylation sites (tertiary alicyclic amines) is 1. The van der Waals surface area contributed by atoms with Crippen LogP contribution in [0.15, 0.2) is 60.7 Å². The number of nitrogens with zero attached hydrogens (tertiary/aromatic N) is 3. The number of hydrogen-bond acceptors (Lipinski definition) is 5. The Morgan fingerprint density at radius 1 is 1.09 bits per heavy atom. The number of nitrogens with one attached hydrogen (secondary N) is 1. The van der Waals surface area contributed by atoms with Crippen molar-refractivity contribution in [2.75, 3.05) is 37.5 Å². The maximum Gasteiger partial charge on any atom is 0.277 e. The van der Waals surface area contributed by atoms with Crippen LogP contribution in [0.25, 0.3) is 0 Å². The fourth-order valence-corrected chi connectivity index (χ4v) is 7.89. The number of hydrogen-bond donors (Lipinski definition) is 1. The van der Waals surface area contributed by atoms with Crippen molar-refractivity contribution < 1.29 is 23.6 Å². The molecule has 0 bridgehead atoms. The first-order valence-corrected chi connectivity index (χ1v) is 15.5. The van der Waals surface area contributed by atoms with Crippen LogP contribution in [0, 0.1) is 17.7 Å². The average molecular weight is 638 g/mol. The molecule has 11 heteroatoms. The van der Waals surface area contributed by atoms with Crippen LogP contribution in [0.5, 0.6) is 0 Å². The fourth-order valence-electron chi connectivity index (χ4n) is 7.54. The minimum atomic E-state index is -1.34. The topological polar surface area (TPSA) is 82.2 Å². The van der Waals surface area contributed by atoms with E-state index in [2.05, 4.69) is 10.2 Å². The molecule has 1 saturated carbocycles. The average Bonchev–Trinajstić information content (AvgIpc) is 3.74. The Morgan fingerprint density at radius 2 is 1.84 bits per heavy atom. The van der Waals surface area contributed by atoms with Gasteiger partial charge in [0.25, 0.3) is 5.91 Å². The molecule has 1 N–H and O–H groups in total. The summed E-state index contributed by atoms with van der Waals surface area (Å²) in [6, 6.07) is 16.5. The van der Waals surface area contributed by atoms with E-state index in [1.54, 1.807) is 53.4 Å². The van der Waals surface area contributed by atoms with E-state index < -0.39 is 23.2 Å². The lowest BCUT2D eigenvalue weighted by atomic mass is 9.70. The Bertz CT molecular complexity index is 1680. The van der Waals surface area contributed by atoms with Crippen molar-refractivity contribution in [2.24, 2.45) is 11.8 Å². The molecule has 3 fully saturated rings. The molecule has 7 rings (SSSR count). The minimum Gasteiger partial charge on any atom is -0.324 e. The van der Waals surface area contributed by atoms with Gasteiger partial charge in [-0.25, -0.2) is 9.45 Å². The highest BCUT2D eigenvalue weighted by Crippen LogP contribution is 2.62. The first-order valence-electron chi connectivity index (χ1n) is 14.7. The molecule has 3 amide bonds. The van der Waals surface area contributed by atoms with Crippen molar-refractivity contribution in [3.05, 3.63) is 93.2 Å². The number of carbonyl (C=O) groups is 3. The lowest BCUT2D eigenvalue weighted by molar-refractivity contribution is -0.128. The Hall–Kier alpha value is -3.50. The van der Waals surface area contributed by atoms with Crippen LogP contribution < -0.4 is 10.2 Å². The fraction of sp³-hybridized carbons (Fsp3) is 0.364. The van der Waals surface area contributed by atoms with Gasteiger partial charge in [0.2, 0.25) is 11.8 Å². The number of benzene rings is 3. The standard InChI is InChI=1S/C33H31Cl2FN4O4/c1-38(44-2)30(41)19-8-11-21(12-9-19)39-15-14-26-27(31(39)42)28(22-4-3-5-24(35)29(22)36)33(40(26)17-18-6-7-18)23-13-10-20(34)16-25(23)37-32(33)43/h3-5,8-13,16,18,26-28H,6-7,14-15,17H2,1-2H3,(H,37,43)/t26-,27+,28-,33+/m0/s1. The zero-order valence-electron chi connectivity index (χ0n) is 24.2. The second kappa shape index (κ2) is 10.8. The zero-order chi connectivity index (χ0) is 30.9. The van der Waals surface area contributed by atoms with Gasteiger partial charge in [-0.3, -0.25) is 24.1 Å². The molecule has 4 atom stereocenters. The van der Waals surface area contributed by atoms with E-state index in [-0.39, 0.29) is 34.3 Å². The van der Waals surface area contributed by atoms with Crippen LogP contribution in [0.3, 0.4) is 0 Å². The third-order valence-corrected chi connectivity index (χ3v) is 10.2. The van der Waals surface area contributed by atoms with Crippen molar-refractivity contribution in [3.63, 3.8) is 0 Å². The molecule has 1 spiro atoms. The molecular formula is C33H31Cl2FN4O4. The number of piperidine rings is 1. The summed E-state index contributed by atoms with van der Waals surface area (Å²) < 4.78 is 16.1. The normalized spacial score (nSPS) is 26.1. The van der Waals surface area contributed by atoms with Crippen LogP contribution in [-0.4, -0.2) is 61.0 Å². The summed E-state index contributed by atoms with van der Waals surface area (Å²) in [5, 5.41) is 4.57. The molecule has 0 aromatic heterocycles. The van der Waals surface area contributed by atoms with Gasteiger partial charge in [0.15, 0.2) is 0 Å². The number of carbonyl (C=O) groups excluding carboxylic acids is 3. The quantitative estimate of drug-likeness (QED) is 0.344. The first-order chi connectivity index (χ1) is 21.2. The summed E-state index contributed by atoms with van der Waals surface area (Å²) in [6.07, 6.45) is 2.66. The SMILES string of the molecule is CON(C)C(=O)c1ccc(N2CC[C@H]3[C@@H](C2=O)[C@H](c2cccc(Cl)c2F)[C@]2(C(=O)Nc4cc(Cl)ccc42)N3CC2CC2)cc1. The summed E-state index contributed by atoms with van der Waals surface area (Å²) in [7, 11) is 2.93. The van der Waals surface area contributed by atoms with Gasteiger partial charge >= 0.3 is 0 Å². The number of amides is 3. The van der Waals surface area contributed by atoms with Crippen molar-refractivity contribution in [1.82, 2.24) is 9.96 Å². The predicted octanol–water partition coefficient (Wildman–Crippen LogP) is 5.84. The van der Waals surface area contributed by atoms with Gasteiger partial charge in [-0.15, -0.1) is 0 Å². The highest BCUT2D eigenvalue weighted by Gasteiger charge is 2.70. The second-order valence-electron chi connectivity index (χ2n) is 12.0. The van der Waals surface area contributed by atoms with Gasteiger partial charge in [-0.1, -0.05) is 41.4 Å². The summed E-state index contributed by atoms with van der Waals surface area (Å²) in [4.78, 5) is 50.6. The van der Waals surface area contributed by atoms with E-state index in [0.29, 0.717) is 53.0 Å². The molecular weight excluding hydrogens is 606 g/mol. The maximum atomic E-state index is 16.1. The lowest BCUT2D eigenvalue weighted by Crippen LogP contribution is -2.54. The smallest absolute Gasteiger partial charge is 0.277 e. The van der Waals surface area contributed by atoms with Crippen LogP contribution >= 0.6 is 23.2 Å². The van der Waals surface area contributed by atoms with Gasteiger partial charge in [0.05, 0.1) is 18.1 Å². The van der Waals surface area contributed by atoms with Crippen molar-refractivity contribution in [1.29, 1.82) is 0 Å². The zero-order valence-corrected chi connectivity index (χ0v) is 25.7. The summed E-state index contributed by atoms with van der Waals surface area (Å²) in [5.41, 5.74) is 1.19. The molecule has 1 aliphatic carbocycles. The van der Waals surface area contributed by atoms with E-state index in [1.807, 2.05) is 6.07 Å². The molecule has 228 valence electrons. The third kappa shape index (κ3) is 4.35. The Balaban J connectivity index is 1.37. The van der Waals surface area contributed by atoms with Crippen LogP contribution in [0.4, 0.5) is 15.8 Å². The molecule has 3 aromatic rings. The predicted molar refractivity (Wildman–Crippen MR) is 165 cm³/mol. The molecule has 4 aliphatic rings. The minimum absolute atomic E-state index is 0.0639. The van der Waals surface area contributed by atoms with Gasteiger partial charge in [0.1, 0.15) is 11.4 Å². The second-order valence-corrected chi connectivity index (χ2v) is 12.9. The van der Waals surface area contributed by atoms with Gasteiger partial charge < -0.3 is 10.2 Å². The summed E-state index contributed by atoms with van der Waals surface area (Å²) >= 11 is 12.7. The molecule has 0 radical (unpaired) electrons. The Kier molecular flexibility index (Phi) is 7.20. The molecule has 3 aromatic carbocycles. The van der Waals surface area contributed by atoms with E-state index in [9.17, 15) is 14.4 Å². The first kappa shape index (κ1) is 29.2. The molecule has 3 aliphatic heterocycles. The summed E-state index contributed by atoms with van der Waals surface area (Å²) in [6.45, 7) is 1.02. The highest BCUT2D eigenvalue weighted by atomic mass is 35.5. The van der Waals surface area contributed by atoms with E-state index >= 15 is 4.39 Å². The number of halogens is 3. The molecule has 8 nitrogen and oxygen atoms in total. The van der Waals surface area contributed by atoms with Gasteiger partial charge in [-0.05, 0) is 73.2 Å². The summed E-state index contributed by atoms with van der Waals surface area (Å²) in [5.74, 6) is -2.66. The molecule has 0 unspecified atom stereocenters. The van der Waals surface area contributed by atoms with Crippen LogP contribution in [-0.2, 0) is 20.0 Å². The van der Waals surface area contributed by atoms with E-state index in [0.717, 1.165) is 17.9 Å². The van der Waals surface area contributed by atoms with E-state index in [1.165, 1.54) is 20.2 Å². The number of fused-ring (bicyclic) bond motifs is 3. The van der Waals surface area contributed by atoms with Gasteiger partial charge in [0, 0.05) is 59.6 Å². The number of anilines is 2. The third-order valence-electron chi connectivity index (χ3n) is 9.72. The van der Waals surface area contributed by atoms with Gasteiger partial charge in [-0.2, -0.15) is 0 Å². The number of hydroxylamine groups is 2. The van der Waals surface area contributed by atoms with E-state index in [4.69, 9.17) is 28.0 Å². The Morgan fingerprint density at radius 3 is 2.55 bits per heavy atom. The lowest BCUT2D eigenvalue weighted by Gasteiger charge is -2.40.